The third kappa shape index (κ3) is 13.3. The lowest BCUT2D eigenvalue weighted by Gasteiger charge is -2.27. The maximum Gasteiger partial charge on any atom is 0.245 e. The number of phenolic OH excluding ortho intramolecular Hbond substituents is 1. The summed E-state index contributed by atoms with van der Waals surface area (Å²) < 4.78 is 0. The van der Waals surface area contributed by atoms with Gasteiger partial charge in [0.05, 0.1) is 19.2 Å². The molecule has 5 atom stereocenters. The Hall–Kier alpha value is -4.44. The Labute approximate surface area is 244 Å². The topological polar surface area (TPSA) is 276 Å². The summed E-state index contributed by atoms with van der Waals surface area (Å²) in [5.74, 6) is -2.92. The van der Waals surface area contributed by atoms with Gasteiger partial charge in [-0.25, -0.2) is 0 Å². The number of rotatable bonds is 19. The van der Waals surface area contributed by atoms with E-state index in [0.717, 1.165) is 5.56 Å². The van der Waals surface area contributed by atoms with Gasteiger partial charge in [-0.05, 0) is 49.3 Å². The lowest BCUT2D eigenvalue weighted by molar-refractivity contribution is -0.132. The highest BCUT2D eigenvalue weighted by Gasteiger charge is 2.27. The van der Waals surface area contributed by atoms with Crippen LogP contribution in [0.25, 0.3) is 0 Å². The molecule has 0 aliphatic rings. The monoisotopic (exact) mass is 593 g/mol. The fourth-order valence-electron chi connectivity index (χ4n) is 3.65. The number of phenols is 1. The number of amides is 5. The number of benzene rings is 1. The second-order valence-electron chi connectivity index (χ2n) is 9.66. The van der Waals surface area contributed by atoms with Gasteiger partial charge in [0.1, 0.15) is 24.0 Å². The zero-order valence-corrected chi connectivity index (χ0v) is 23.8. The summed E-state index contributed by atoms with van der Waals surface area (Å²) in [6, 6.07) is 2.94. The number of carbonyl (C=O) groups is 5. The van der Waals surface area contributed by atoms with Gasteiger partial charge in [0, 0.05) is 6.54 Å². The Morgan fingerprint density at radius 3 is 2.24 bits per heavy atom. The molecule has 1 rings (SSSR count). The average Bonchev–Trinajstić information content (AvgIpc) is 2.96. The molecule has 234 valence electrons. The van der Waals surface area contributed by atoms with E-state index in [-0.39, 0.29) is 37.0 Å². The van der Waals surface area contributed by atoms with Gasteiger partial charge in [0.25, 0.3) is 0 Å². The van der Waals surface area contributed by atoms with Crippen molar-refractivity contribution in [1.29, 1.82) is 0 Å². The summed E-state index contributed by atoms with van der Waals surface area (Å²) in [4.78, 5) is 65.2. The molecule has 0 bridgehead atoms. The van der Waals surface area contributed by atoms with Crippen LogP contribution in [0.5, 0.6) is 5.75 Å². The minimum atomic E-state index is -1.40. The lowest BCUT2D eigenvalue weighted by Crippen LogP contribution is -2.58. The molecule has 0 aromatic heterocycles. The summed E-state index contributed by atoms with van der Waals surface area (Å²) >= 11 is 0. The van der Waals surface area contributed by atoms with Gasteiger partial charge < -0.3 is 54.0 Å². The maximum atomic E-state index is 12.7. The van der Waals surface area contributed by atoms with E-state index in [1.807, 2.05) is 13.8 Å². The first kappa shape index (κ1) is 35.6. The molecule has 0 saturated carbocycles. The minimum Gasteiger partial charge on any atom is -0.508 e. The highest BCUT2D eigenvalue weighted by atomic mass is 16.3. The summed E-state index contributed by atoms with van der Waals surface area (Å²) in [5, 5.41) is 31.4. The molecular weight excluding hydrogens is 550 g/mol. The van der Waals surface area contributed by atoms with E-state index >= 15 is 0 Å². The zero-order valence-electron chi connectivity index (χ0n) is 23.8. The summed E-state index contributed by atoms with van der Waals surface area (Å²) in [7, 11) is 0. The number of carbonyl (C=O) groups excluding carboxylic acids is 5. The molecule has 0 heterocycles. The van der Waals surface area contributed by atoms with Crippen LogP contribution >= 0.6 is 0 Å². The molecule has 0 radical (unpaired) electrons. The molecule has 0 aliphatic heterocycles. The second kappa shape index (κ2) is 18.8. The highest BCUT2D eigenvalue weighted by molar-refractivity contribution is 5.92. The van der Waals surface area contributed by atoms with Crippen LogP contribution in [0.2, 0.25) is 0 Å². The first-order valence-electron chi connectivity index (χ1n) is 13.5. The first-order chi connectivity index (χ1) is 19.9. The zero-order chi connectivity index (χ0) is 31.7. The van der Waals surface area contributed by atoms with Crippen LogP contribution in [0.3, 0.4) is 0 Å². The third-order valence-electron chi connectivity index (χ3n) is 6.33. The summed E-state index contributed by atoms with van der Waals surface area (Å²) in [6.45, 7) is 2.62. The Kier molecular flexibility index (Phi) is 15.9. The molecular formula is C26H43N9O7. The van der Waals surface area contributed by atoms with Crippen LogP contribution in [-0.2, 0) is 30.4 Å². The number of aliphatic imine (C=N–C) groups is 1. The van der Waals surface area contributed by atoms with Crippen molar-refractivity contribution in [2.75, 3.05) is 19.7 Å². The Morgan fingerprint density at radius 2 is 1.67 bits per heavy atom. The molecule has 42 heavy (non-hydrogen) atoms. The molecule has 0 fully saturated rings. The van der Waals surface area contributed by atoms with Gasteiger partial charge in [-0.15, -0.1) is 0 Å². The fraction of sp³-hybridized carbons (Fsp3) is 0.538. The van der Waals surface area contributed by atoms with E-state index < -0.39 is 61.1 Å². The van der Waals surface area contributed by atoms with Crippen molar-refractivity contribution in [3.8, 4) is 5.75 Å². The number of nitrogens with two attached hydrogens (primary N) is 3. The highest BCUT2D eigenvalue weighted by Crippen LogP contribution is 2.11. The van der Waals surface area contributed by atoms with E-state index in [1.165, 1.54) is 12.1 Å². The summed E-state index contributed by atoms with van der Waals surface area (Å²) in [5.41, 5.74) is 17.3. The van der Waals surface area contributed by atoms with Crippen molar-refractivity contribution in [2.24, 2.45) is 28.1 Å². The van der Waals surface area contributed by atoms with E-state index in [9.17, 15) is 34.2 Å². The van der Waals surface area contributed by atoms with Crippen LogP contribution in [0.15, 0.2) is 29.3 Å². The van der Waals surface area contributed by atoms with Crippen molar-refractivity contribution in [2.45, 2.75) is 63.8 Å². The predicted molar refractivity (Wildman–Crippen MR) is 154 cm³/mol. The number of nitrogens with one attached hydrogen (secondary N) is 5. The SMILES string of the molecule is CC[C@H](C)[C@@H](NC(=O)CNC(=O)[C@@H](CO)NC(=O)[C@@H](CCCN=C(N)N)NC=O)NC(=O)[C@@H](N)Cc1ccc(O)cc1. The smallest absolute Gasteiger partial charge is 0.245 e. The van der Waals surface area contributed by atoms with Crippen molar-refractivity contribution < 1.29 is 34.2 Å². The van der Waals surface area contributed by atoms with Gasteiger partial charge in [-0.2, -0.15) is 0 Å². The van der Waals surface area contributed by atoms with Crippen LogP contribution in [0, 0.1) is 5.92 Å². The number of aromatic hydroxyl groups is 1. The number of aliphatic hydroxyl groups excluding tert-OH is 1. The van der Waals surface area contributed by atoms with Crippen LogP contribution in [0.1, 0.15) is 38.7 Å². The van der Waals surface area contributed by atoms with Crippen molar-refractivity contribution in [3.05, 3.63) is 29.8 Å². The Morgan fingerprint density at radius 1 is 1.00 bits per heavy atom. The molecule has 16 heteroatoms. The van der Waals surface area contributed by atoms with Gasteiger partial charge in [0.15, 0.2) is 5.96 Å². The van der Waals surface area contributed by atoms with Gasteiger partial charge >= 0.3 is 0 Å². The van der Waals surface area contributed by atoms with E-state index in [1.54, 1.807) is 12.1 Å². The molecule has 1 aromatic rings. The summed E-state index contributed by atoms with van der Waals surface area (Å²) in [6.07, 6.45) is 0.853. The second-order valence-corrected chi connectivity index (χ2v) is 9.66. The van der Waals surface area contributed by atoms with E-state index in [4.69, 9.17) is 17.2 Å². The first-order valence-corrected chi connectivity index (χ1v) is 13.5. The number of guanidine groups is 1. The average molecular weight is 594 g/mol. The van der Waals surface area contributed by atoms with E-state index in [0.29, 0.717) is 19.3 Å². The van der Waals surface area contributed by atoms with Crippen molar-refractivity contribution in [3.63, 3.8) is 0 Å². The Bertz CT molecular complexity index is 1060. The molecule has 0 saturated heterocycles. The van der Waals surface area contributed by atoms with Crippen LogP contribution < -0.4 is 43.8 Å². The maximum absolute atomic E-state index is 12.7. The van der Waals surface area contributed by atoms with Crippen LogP contribution in [-0.4, -0.2) is 90.2 Å². The number of nitrogens with zero attached hydrogens (tertiary/aromatic N) is 1. The molecule has 0 spiro atoms. The minimum absolute atomic E-state index is 0.0891. The third-order valence-corrected chi connectivity index (χ3v) is 6.33. The van der Waals surface area contributed by atoms with Crippen molar-refractivity contribution >= 4 is 36.0 Å². The molecule has 0 unspecified atom stereocenters. The quantitative estimate of drug-likeness (QED) is 0.0250. The predicted octanol–water partition coefficient (Wildman–Crippen LogP) is -3.37. The normalized spacial score (nSPS) is 14.2. The largest absolute Gasteiger partial charge is 0.508 e. The molecule has 1 aromatic carbocycles. The standard InChI is InChI=1S/C26H43N9O7/c1-3-15(2)22(35-23(40)18(27)11-16-6-8-17(38)9-7-16)34-21(39)12-31-24(41)20(13-36)33-25(42)19(32-14-37)5-4-10-30-26(28)29/h6-9,14-15,18-20,22,36,38H,3-5,10-13,27H2,1-2H3,(H,31,41)(H,32,37)(H,33,42)(H,34,39)(H,35,40)(H4,28,29,30)/t15-,18-,19+,20+,22-/m0/s1. The number of aliphatic hydroxyl groups is 1. The Balaban J connectivity index is 2.67. The van der Waals surface area contributed by atoms with Gasteiger partial charge in [-0.3, -0.25) is 29.0 Å². The fourth-order valence-corrected chi connectivity index (χ4v) is 3.65. The van der Waals surface area contributed by atoms with Gasteiger partial charge in [0.2, 0.25) is 30.0 Å². The molecule has 13 N–H and O–H groups in total. The van der Waals surface area contributed by atoms with Crippen LogP contribution in [0.4, 0.5) is 0 Å². The molecule has 0 aliphatic carbocycles. The molecule has 5 amide bonds. The van der Waals surface area contributed by atoms with Gasteiger partial charge in [-0.1, -0.05) is 26.0 Å². The van der Waals surface area contributed by atoms with E-state index in [2.05, 4.69) is 31.6 Å². The van der Waals surface area contributed by atoms with Crippen molar-refractivity contribution in [1.82, 2.24) is 26.6 Å². The molecule has 16 nitrogen and oxygen atoms in total. The number of hydrogen-bond acceptors (Lipinski definition) is 9. The number of hydrogen-bond donors (Lipinski definition) is 10. The lowest BCUT2D eigenvalue weighted by atomic mass is 10.0.